The Kier molecular flexibility index (Phi) is 4.49. The molecule has 0 saturated carbocycles. The fourth-order valence-corrected chi connectivity index (χ4v) is 1.93. The lowest BCUT2D eigenvalue weighted by Gasteiger charge is -2.08. The Bertz CT molecular complexity index is 586. The highest BCUT2D eigenvalue weighted by Gasteiger charge is 2.10. The summed E-state index contributed by atoms with van der Waals surface area (Å²) in [7, 11) is 1.88. The standard InChI is InChI=1S/C14H14ClN3O/c1-16-8-10-3-2-4-11(7-10)18-14(19)12-5-6-17-9-13(12)15/h2-7,9,16H,8H2,1H3,(H,18,19). The van der Waals surface area contributed by atoms with Crippen LogP contribution in [-0.2, 0) is 6.54 Å². The van der Waals surface area contributed by atoms with E-state index in [1.807, 2.05) is 31.3 Å². The normalized spacial score (nSPS) is 10.2. The number of aromatic nitrogens is 1. The van der Waals surface area contributed by atoms with Crippen molar-refractivity contribution in [2.24, 2.45) is 0 Å². The number of hydrogen-bond acceptors (Lipinski definition) is 3. The first-order valence-corrected chi connectivity index (χ1v) is 6.23. The predicted octanol–water partition coefficient (Wildman–Crippen LogP) is 2.71. The third-order valence-corrected chi connectivity index (χ3v) is 2.88. The summed E-state index contributed by atoms with van der Waals surface area (Å²) >= 11 is 5.93. The summed E-state index contributed by atoms with van der Waals surface area (Å²) in [4.78, 5) is 15.9. The molecule has 1 aromatic carbocycles. The Balaban J connectivity index is 2.15. The average molecular weight is 276 g/mol. The van der Waals surface area contributed by atoms with Crippen LogP contribution in [0.4, 0.5) is 5.69 Å². The molecule has 2 aromatic rings. The van der Waals surface area contributed by atoms with Crippen LogP contribution in [0.3, 0.4) is 0 Å². The highest BCUT2D eigenvalue weighted by Crippen LogP contribution is 2.16. The maximum absolute atomic E-state index is 12.1. The fourth-order valence-electron chi connectivity index (χ4n) is 1.72. The van der Waals surface area contributed by atoms with E-state index in [2.05, 4.69) is 15.6 Å². The van der Waals surface area contributed by atoms with Crippen molar-refractivity contribution in [2.75, 3.05) is 12.4 Å². The molecule has 0 spiro atoms. The van der Waals surface area contributed by atoms with Gasteiger partial charge >= 0.3 is 0 Å². The van der Waals surface area contributed by atoms with Gasteiger partial charge in [-0.1, -0.05) is 23.7 Å². The Morgan fingerprint density at radius 3 is 2.95 bits per heavy atom. The van der Waals surface area contributed by atoms with Crippen molar-refractivity contribution in [3.8, 4) is 0 Å². The zero-order chi connectivity index (χ0) is 13.7. The Morgan fingerprint density at radius 2 is 2.21 bits per heavy atom. The summed E-state index contributed by atoms with van der Waals surface area (Å²) in [6.45, 7) is 0.750. The first kappa shape index (κ1) is 13.5. The molecule has 98 valence electrons. The topological polar surface area (TPSA) is 54.0 Å². The molecule has 0 aliphatic rings. The first-order valence-electron chi connectivity index (χ1n) is 5.85. The van der Waals surface area contributed by atoms with Crippen LogP contribution < -0.4 is 10.6 Å². The summed E-state index contributed by atoms with van der Waals surface area (Å²) in [6.07, 6.45) is 2.99. The van der Waals surface area contributed by atoms with Gasteiger partial charge in [0.1, 0.15) is 0 Å². The Morgan fingerprint density at radius 1 is 1.37 bits per heavy atom. The number of anilines is 1. The molecule has 0 saturated heterocycles. The molecule has 0 radical (unpaired) electrons. The highest BCUT2D eigenvalue weighted by molar-refractivity contribution is 6.34. The van der Waals surface area contributed by atoms with Gasteiger partial charge in [0.05, 0.1) is 10.6 Å². The number of nitrogens with one attached hydrogen (secondary N) is 2. The average Bonchev–Trinajstić information content (AvgIpc) is 2.40. The minimum Gasteiger partial charge on any atom is -0.322 e. The van der Waals surface area contributed by atoms with Crippen molar-refractivity contribution < 1.29 is 4.79 Å². The number of benzene rings is 1. The smallest absolute Gasteiger partial charge is 0.257 e. The molecule has 19 heavy (non-hydrogen) atoms. The zero-order valence-corrected chi connectivity index (χ0v) is 11.2. The maximum atomic E-state index is 12.1. The van der Waals surface area contributed by atoms with Crippen LogP contribution in [-0.4, -0.2) is 17.9 Å². The molecule has 5 heteroatoms. The second-order valence-electron chi connectivity index (χ2n) is 4.04. The number of carbonyl (C=O) groups excluding carboxylic acids is 1. The van der Waals surface area contributed by atoms with Crippen molar-refractivity contribution in [3.05, 3.63) is 58.9 Å². The minimum absolute atomic E-state index is 0.242. The van der Waals surface area contributed by atoms with Crippen molar-refractivity contribution in [1.82, 2.24) is 10.3 Å². The summed E-state index contributed by atoms with van der Waals surface area (Å²) < 4.78 is 0. The number of amides is 1. The van der Waals surface area contributed by atoms with Crippen molar-refractivity contribution in [3.63, 3.8) is 0 Å². The lowest BCUT2D eigenvalue weighted by atomic mass is 10.2. The van der Waals surface area contributed by atoms with Crippen molar-refractivity contribution >= 4 is 23.2 Å². The molecule has 0 aliphatic heterocycles. The second-order valence-corrected chi connectivity index (χ2v) is 4.45. The summed E-state index contributed by atoms with van der Waals surface area (Å²) in [5.41, 5.74) is 2.25. The molecule has 0 bridgehead atoms. The number of carbonyl (C=O) groups is 1. The maximum Gasteiger partial charge on any atom is 0.257 e. The number of halogens is 1. The lowest BCUT2D eigenvalue weighted by molar-refractivity contribution is 0.102. The van der Waals surface area contributed by atoms with E-state index in [1.54, 1.807) is 6.07 Å². The summed E-state index contributed by atoms with van der Waals surface area (Å²) in [6, 6.07) is 9.24. The summed E-state index contributed by atoms with van der Waals surface area (Å²) in [5, 5.41) is 6.22. The van der Waals surface area contributed by atoms with Gasteiger partial charge in [0.25, 0.3) is 5.91 Å². The van der Waals surface area contributed by atoms with Crippen molar-refractivity contribution in [2.45, 2.75) is 6.54 Å². The number of rotatable bonds is 4. The quantitative estimate of drug-likeness (QED) is 0.902. The number of nitrogens with zero attached hydrogens (tertiary/aromatic N) is 1. The molecule has 1 heterocycles. The van der Waals surface area contributed by atoms with Gasteiger partial charge in [-0.3, -0.25) is 9.78 Å². The molecular weight excluding hydrogens is 262 g/mol. The van der Waals surface area contributed by atoms with E-state index < -0.39 is 0 Å². The van der Waals surface area contributed by atoms with E-state index in [0.29, 0.717) is 10.6 Å². The first-order chi connectivity index (χ1) is 9.20. The van der Waals surface area contributed by atoms with Crippen LogP contribution in [0.1, 0.15) is 15.9 Å². The fraction of sp³-hybridized carbons (Fsp3) is 0.143. The van der Waals surface area contributed by atoms with Gasteiger partial charge in [-0.2, -0.15) is 0 Å². The van der Waals surface area contributed by atoms with E-state index >= 15 is 0 Å². The van der Waals surface area contributed by atoms with Crippen LogP contribution in [0, 0.1) is 0 Å². The van der Waals surface area contributed by atoms with E-state index in [1.165, 1.54) is 12.4 Å². The third kappa shape index (κ3) is 3.53. The van der Waals surface area contributed by atoms with Gasteiger partial charge in [-0.15, -0.1) is 0 Å². The highest BCUT2D eigenvalue weighted by atomic mass is 35.5. The molecule has 0 aliphatic carbocycles. The molecule has 4 nitrogen and oxygen atoms in total. The molecule has 2 rings (SSSR count). The van der Waals surface area contributed by atoms with E-state index in [4.69, 9.17) is 11.6 Å². The van der Waals surface area contributed by atoms with Crippen LogP contribution in [0.15, 0.2) is 42.7 Å². The minimum atomic E-state index is -0.242. The van der Waals surface area contributed by atoms with E-state index in [0.717, 1.165) is 17.8 Å². The Labute approximate surface area is 116 Å². The van der Waals surface area contributed by atoms with Gasteiger partial charge in [0.15, 0.2) is 0 Å². The summed E-state index contributed by atoms with van der Waals surface area (Å²) in [5.74, 6) is -0.242. The number of pyridine rings is 1. The van der Waals surface area contributed by atoms with E-state index in [9.17, 15) is 4.79 Å². The molecule has 0 fully saturated rings. The predicted molar refractivity (Wildman–Crippen MR) is 76.4 cm³/mol. The van der Waals surface area contributed by atoms with Gasteiger partial charge in [-0.25, -0.2) is 0 Å². The van der Waals surface area contributed by atoms with Gasteiger partial charge in [0.2, 0.25) is 0 Å². The molecule has 1 aromatic heterocycles. The molecule has 0 unspecified atom stereocenters. The van der Waals surface area contributed by atoms with Crippen molar-refractivity contribution in [1.29, 1.82) is 0 Å². The van der Waals surface area contributed by atoms with Crippen LogP contribution in [0.2, 0.25) is 5.02 Å². The molecular formula is C14H14ClN3O. The molecule has 0 atom stereocenters. The molecule has 1 amide bonds. The largest absolute Gasteiger partial charge is 0.322 e. The van der Waals surface area contributed by atoms with Crippen LogP contribution in [0.25, 0.3) is 0 Å². The van der Waals surface area contributed by atoms with Gasteiger partial charge < -0.3 is 10.6 Å². The third-order valence-electron chi connectivity index (χ3n) is 2.58. The number of hydrogen-bond donors (Lipinski definition) is 2. The lowest BCUT2D eigenvalue weighted by Crippen LogP contribution is -2.13. The Hall–Kier alpha value is -1.91. The van der Waals surface area contributed by atoms with Gasteiger partial charge in [-0.05, 0) is 30.8 Å². The zero-order valence-electron chi connectivity index (χ0n) is 10.5. The SMILES string of the molecule is CNCc1cccc(NC(=O)c2ccncc2Cl)c1. The van der Waals surface area contributed by atoms with Gasteiger partial charge in [0, 0.05) is 24.6 Å². The van der Waals surface area contributed by atoms with E-state index in [-0.39, 0.29) is 5.91 Å². The molecule has 2 N–H and O–H groups in total. The second kappa shape index (κ2) is 6.31. The van der Waals surface area contributed by atoms with Crippen LogP contribution >= 0.6 is 11.6 Å². The van der Waals surface area contributed by atoms with Crippen LogP contribution in [0.5, 0.6) is 0 Å². The monoisotopic (exact) mass is 275 g/mol.